The molecule has 0 bridgehead atoms. The molecule has 58 valence electrons. The molecule has 1 nitrogen and oxygen atoms in total. The van der Waals surface area contributed by atoms with Crippen molar-refractivity contribution in [2.75, 3.05) is 0 Å². The number of hydrogen-bond acceptors (Lipinski definition) is 1. The highest BCUT2D eigenvalue weighted by molar-refractivity contribution is 5.36. The van der Waals surface area contributed by atoms with Crippen molar-refractivity contribution in [1.29, 1.82) is 0 Å². The zero-order valence-corrected chi connectivity index (χ0v) is 6.79. The van der Waals surface area contributed by atoms with Crippen LogP contribution in [0.15, 0.2) is 35.0 Å². The summed E-state index contributed by atoms with van der Waals surface area (Å²) in [6.45, 7) is 1.91. The Morgan fingerprint density at radius 2 is 2.33 bits per heavy atom. The van der Waals surface area contributed by atoms with Crippen molar-refractivity contribution in [2.45, 2.75) is 6.92 Å². The predicted molar refractivity (Wildman–Crippen MR) is 48.2 cm³/mol. The fourth-order valence-electron chi connectivity index (χ4n) is 0.604. The van der Waals surface area contributed by atoms with Gasteiger partial charge in [-0.3, -0.25) is 0 Å². The van der Waals surface area contributed by atoms with Gasteiger partial charge >= 0.3 is 0 Å². The fraction of sp³-hybridized carbons (Fsp3) is 0.0909. The molecular formula is C11H8O. The molecule has 0 unspecified atom stereocenters. The number of furan rings is 1. The molecule has 0 aliphatic heterocycles. The molecule has 0 saturated carbocycles. The van der Waals surface area contributed by atoms with E-state index < -0.39 is 0 Å². The van der Waals surface area contributed by atoms with Crippen molar-refractivity contribution in [3.8, 4) is 23.7 Å². The van der Waals surface area contributed by atoms with E-state index in [1.54, 1.807) is 24.5 Å². The van der Waals surface area contributed by atoms with Crippen molar-refractivity contribution < 1.29 is 4.42 Å². The second kappa shape index (κ2) is 4.88. The van der Waals surface area contributed by atoms with Crippen molar-refractivity contribution in [1.82, 2.24) is 0 Å². The van der Waals surface area contributed by atoms with Crippen LogP contribution in [0.2, 0.25) is 0 Å². The summed E-state index contributed by atoms with van der Waals surface area (Å²) >= 11 is 0. The lowest BCUT2D eigenvalue weighted by atomic mass is 10.4. The van der Waals surface area contributed by atoms with Crippen molar-refractivity contribution >= 4 is 0 Å². The quantitative estimate of drug-likeness (QED) is 0.525. The Bertz CT molecular complexity index is 361. The highest BCUT2D eigenvalue weighted by atomic mass is 16.3. The summed E-state index contributed by atoms with van der Waals surface area (Å²) in [5.41, 5.74) is 0. The fourth-order valence-corrected chi connectivity index (χ4v) is 0.604. The van der Waals surface area contributed by atoms with E-state index in [9.17, 15) is 0 Å². The third kappa shape index (κ3) is 2.82. The zero-order chi connectivity index (χ0) is 8.65. The molecule has 0 atom stereocenters. The van der Waals surface area contributed by atoms with Crippen molar-refractivity contribution in [3.63, 3.8) is 0 Å². The molecule has 1 heteroatoms. The van der Waals surface area contributed by atoms with Gasteiger partial charge in [0.15, 0.2) is 5.76 Å². The van der Waals surface area contributed by atoms with Gasteiger partial charge in [0.05, 0.1) is 6.26 Å². The van der Waals surface area contributed by atoms with E-state index in [1.165, 1.54) is 0 Å². The Hall–Kier alpha value is -1.86. The highest BCUT2D eigenvalue weighted by Gasteiger charge is 1.82. The SMILES string of the molecule is CC=CC#CC#Cc1ccco1. The highest BCUT2D eigenvalue weighted by Crippen LogP contribution is 1.95. The summed E-state index contributed by atoms with van der Waals surface area (Å²) in [6.07, 6.45) is 5.20. The van der Waals surface area contributed by atoms with Crippen LogP contribution in [0.4, 0.5) is 0 Å². The van der Waals surface area contributed by atoms with Gasteiger partial charge in [-0.2, -0.15) is 0 Å². The lowest BCUT2D eigenvalue weighted by Gasteiger charge is -1.71. The smallest absolute Gasteiger partial charge is 0.177 e. The van der Waals surface area contributed by atoms with E-state index in [1.807, 2.05) is 13.0 Å². The van der Waals surface area contributed by atoms with Gasteiger partial charge in [-0.05, 0) is 42.9 Å². The minimum atomic E-state index is 0.643. The molecule has 1 aromatic heterocycles. The largest absolute Gasteiger partial charge is 0.456 e. The standard InChI is InChI=1S/C11H8O/c1-2-3-4-5-6-8-11-9-7-10-12-11/h2-3,7,9-10H,1H3. The van der Waals surface area contributed by atoms with E-state index in [4.69, 9.17) is 4.42 Å². The van der Waals surface area contributed by atoms with Gasteiger partial charge in [0.2, 0.25) is 0 Å². The third-order valence-electron chi connectivity index (χ3n) is 1.09. The molecule has 0 aliphatic rings. The second-order valence-corrected chi connectivity index (χ2v) is 2.00. The van der Waals surface area contributed by atoms with Crippen molar-refractivity contribution in [3.05, 3.63) is 36.3 Å². The summed E-state index contributed by atoms with van der Waals surface area (Å²) in [7, 11) is 0. The Balaban J connectivity index is 2.58. The molecule has 0 aromatic carbocycles. The monoisotopic (exact) mass is 156 g/mol. The number of allylic oxidation sites excluding steroid dienone is 2. The van der Waals surface area contributed by atoms with Crippen LogP contribution in [-0.2, 0) is 0 Å². The van der Waals surface area contributed by atoms with Crippen LogP contribution < -0.4 is 0 Å². The Labute approximate surface area is 72.1 Å². The first-order valence-corrected chi connectivity index (χ1v) is 3.59. The molecule has 0 saturated heterocycles. The molecule has 0 radical (unpaired) electrons. The lowest BCUT2D eigenvalue weighted by Crippen LogP contribution is -1.60. The minimum absolute atomic E-state index is 0.643. The van der Waals surface area contributed by atoms with E-state index in [0.29, 0.717) is 5.76 Å². The molecule has 1 aromatic rings. The molecule has 1 heterocycles. The molecule has 1 rings (SSSR count). The summed E-state index contributed by atoms with van der Waals surface area (Å²) < 4.78 is 4.98. The van der Waals surface area contributed by atoms with Crippen LogP contribution in [0.25, 0.3) is 0 Å². The van der Waals surface area contributed by atoms with Gasteiger partial charge in [-0.1, -0.05) is 12.0 Å². The Morgan fingerprint density at radius 1 is 1.42 bits per heavy atom. The minimum Gasteiger partial charge on any atom is -0.456 e. The summed E-state index contributed by atoms with van der Waals surface area (Å²) in [6, 6.07) is 3.59. The van der Waals surface area contributed by atoms with Crippen LogP contribution in [0.3, 0.4) is 0 Å². The van der Waals surface area contributed by atoms with Gasteiger partial charge in [0.25, 0.3) is 0 Å². The first kappa shape index (κ1) is 8.24. The molecule has 12 heavy (non-hydrogen) atoms. The van der Waals surface area contributed by atoms with Gasteiger partial charge < -0.3 is 4.42 Å². The van der Waals surface area contributed by atoms with Gasteiger partial charge in [0.1, 0.15) is 0 Å². The van der Waals surface area contributed by atoms with Gasteiger partial charge in [-0.25, -0.2) is 0 Å². The third-order valence-corrected chi connectivity index (χ3v) is 1.09. The molecular weight excluding hydrogens is 148 g/mol. The van der Waals surface area contributed by atoms with Crippen LogP contribution in [-0.4, -0.2) is 0 Å². The summed E-state index contributed by atoms with van der Waals surface area (Å²) in [4.78, 5) is 0. The molecule has 0 aliphatic carbocycles. The van der Waals surface area contributed by atoms with Crippen LogP contribution >= 0.6 is 0 Å². The normalized spacial score (nSPS) is 8.42. The number of hydrogen-bond donors (Lipinski definition) is 0. The maximum Gasteiger partial charge on any atom is 0.177 e. The molecule has 0 fully saturated rings. The van der Waals surface area contributed by atoms with Crippen molar-refractivity contribution in [2.24, 2.45) is 0 Å². The van der Waals surface area contributed by atoms with Crippen LogP contribution in [0.5, 0.6) is 0 Å². The first-order chi connectivity index (χ1) is 5.93. The van der Waals surface area contributed by atoms with Gasteiger partial charge in [0, 0.05) is 0 Å². The average molecular weight is 156 g/mol. The van der Waals surface area contributed by atoms with Gasteiger partial charge in [-0.15, -0.1) is 0 Å². The maximum atomic E-state index is 4.98. The average Bonchev–Trinajstić information content (AvgIpc) is 2.57. The van der Waals surface area contributed by atoms with E-state index in [0.717, 1.165) is 0 Å². The topological polar surface area (TPSA) is 13.1 Å². The zero-order valence-electron chi connectivity index (χ0n) is 6.79. The molecule has 0 N–H and O–H groups in total. The Morgan fingerprint density at radius 3 is 3.00 bits per heavy atom. The summed E-state index contributed by atoms with van der Waals surface area (Å²) in [5, 5.41) is 0. The lowest BCUT2D eigenvalue weighted by molar-refractivity contribution is 0.554. The molecule has 0 amide bonds. The first-order valence-electron chi connectivity index (χ1n) is 3.59. The van der Waals surface area contributed by atoms with E-state index in [-0.39, 0.29) is 0 Å². The Kier molecular flexibility index (Phi) is 3.35. The number of rotatable bonds is 0. The maximum absolute atomic E-state index is 4.98. The summed E-state index contributed by atoms with van der Waals surface area (Å²) in [5.74, 6) is 11.5. The second-order valence-electron chi connectivity index (χ2n) is 2.00. The van der Waals surface area contributed by atoms with E-state index >= 15 is 0 Å². The molecule has 0 spiro atoms. The van der Waals surface area contributed by atoms with E-state index in [2.05, 4.69) is 23.7 Å². The predicted octanol–water partition coefficient (Wildman–Crippen LogP) is 2.21. The van der Waals surface area contributed by atoms with Crippen LogP contribution in [0.1, 0.15) is 12.7 Å². The van der Waals surface area contributed by atoms with Crippen LogP contribution in [0, 0.1) is 23.7 Å².